The summed E-state index contributed by atoms with van der Waals surface area (Å²) in [6.45, 7) is 4.73. The third-order valence-corrected chi connectivity index (χ3v) is 5.85. The molecular weight excluding hydrogens is 331 g/mol. The fourth-order valence-electron chi connectivity index (χ4n) is 2.90. The maximum atomic E-state index is 12.9. The Morgan fingerprint density at radius 3 is 2.38 bits per heavy atom. The van der Waals surface area contributed by atoms with E-state index in [2.05, 4.69) is 5.32 Å². The highest BCUT2D eigenvalue weighted by Gasteiger charge is 2.26. The number of halogens is 1. The van der Waals surface area contributed by atoms with E-state index in [1.54, 1.807) is 17.0 Å². The molecule has 0 radical (unpaired) electrons. The third kappa shape index (κ3) is 5.78. The van der Waals surface area contributed by atoms with Crippen LogP contribution in [0.4, 0.5) is 10.1 Å². The van der Waals surface area contributed by atoms with Crippen molar-refractivity contribution in [3.05, 3.63) is 30.1 Å². The number of hydrogen-bond acceptors (Lipinski definition) is 4. The molecular formula is C17H25FN2O3S. The van der Waals surface area contributed by atoms with E-state index in [9.17, 15) is 17.6 Å². The standard InChI is InChI=1S/C17H25FN2O3S/c1-13(2)11-24(22,23)12-17(21)20-9-7-16(8-10-20)19-15-5-3-14(18)4-6-15/h3-6,13,16,19H,7-12H2,1-2H3. The predicted molar refractivity (Wildman–Crippen MR) is 93.1 cm³/mol. The average Bonchev–Trinajstić information content (AvgIpc) is 2.48. The van der Waals surface area contributed by atoms with E-state index in [4.69, 9.17) is 0 Å². The largest absolute Gasteiger partial charge is 0.382 e. The number of nitrogens with one attached hydrogen (secondary N) is 1. The molecule has 1 aromatic rings. The van der Waals surface area contributed by atoms with Gasteiger partial charge in [0.2, 0.25) is 5.91 Å². The normalized spacial score (nSPS) is 16.4. The van der Waals surface area contributed by atoms with Crippen molar-refractivity contribution >= 4 is 21.4 Å². The van der Waals surface area contributed by atoms with Crippen LogP contribution in [0.15, 0.2) is 24.3 Å². The summed E-state index contributed by atoms with van der Waals surface area (Å²) >= 11 is 0. The topological polar surface area (TPSA) is 66.5 Å². The molecule has 0 bridgehead atoms. The van der Waals surface area contributed by atoms with Crippen LogP contribution in [0.3, 0.4) is 0 Å². The summed E-state index contributed by atoms with van der Waals surface area (Å²) in [4.78, 5) is 13.8. The van der Waals surface area contributed by atoms with E-state index in [1.807, 2.05) is 13.8 Å². The fourth-order valence-corrected chi connectivity index (χ4v) is 4.59. The number of likely N-dealkylation sites (tertiary alicyclic amines) is 1. The van der Waals surface area contributed by atoms with Crippen molar-refractivity contribution in [1.29, 1.82) is 0 Å². The number of piperidine rings is 1. The zero-order valence-corrected chi connectivity index (χ0v) is 15.0. The van der Waals surface area contributed by atoms with Crippen LogP contribution in [0, 0.1) is 11.7 Å². The maximum Gasteiger partial charge on any atom is 0.237 e. The maximum absolute atomic E-state index is 12.9. The van der Waals surface area contributed by atoms with E-state index in [-0.39, 0.29) is 29.4 Å². The highest BCUT2D eigenvalue weighted by Crippen LogP contribution is 2.17. The monoisotopic (exact) mass is 356 g/mol. The molecule has 1 amide bonds. The summed E-state index contributed by atoms with van der Waals surface area (Å²) in [5.41, 5.74) is 0.848. The molecule has 7 heteroatoms. The Bertz CT molecular complexity index is 651. The highest BCUT2D eigenvalue weighted by molar-refractivity contribution is 7.92. The number of rotatable bonds is 6. The van der Waals surface area contributed by atoms with E-state index in [0.717, 1.165) is 18.5 Å². The first-order valence-corrected chi connectivity index (χ1v) is 10.1. The van der Waals surface area contributed by atoms with Gasteiger partial charge in [-0.15, -0.1) is 0 Å². The second-order valence-corrected chi connectivity index (χ2v) is 8.86. The zero-order chi connectivity index (χ0) is 17.7. The van der Waals surface area contributed by atoms with Gasteiger partial charge >= 0.3 is 0 Å². The fraction of sp³-hybridized carbons (Fsp3) is 0.588. The number of nitrogens with zero attached hydrogens (tertiary/aromatic N) is 1. The summed E-state index contributed by atoms with van der Waals surface area (Å²) in [6.07, 6.45) is 1.49. The number of carbonyl (C=O) groups is 1. The first kappa shape index (κ1) is 18.7. The molecule has 1 aliphatic heterocycles. The zero-order valence-electron chi connectivity index (χ0n) is 14.2. The second kappa shape index (κ2) is 7.96. The molecule has 1 saturated heterocycles. The number of sulfone groups is 1. The van der Waals surface area contributed by atoms with E-state index >= 15 is 0 Å². The van der Waals surface area contributed by atoms with Gasteiger partial charge in [-0.3, -0.25) is 4.79 Å². The van der Waals surface area contributed by atoms with E-state index in [0.29, 0.717) is 13.1 Å². The number of anilines is 1. The van der Waals surface area contributed by atoms with Crippen LogP contribution < -0.4 is 5.32 Å². The Morgan fingerprint density at radius 1 is 1.25 bits per heavy atom. The van der Waals surface area contributed by atoms with Crippen molar-refractivity contribution in [2.75, 3.05) is 29.9 Å². The molecule has 1 heterocycles. The molecule has 5 nitrogen and oxygen atoms in total. The molecule has 0 spiro atoms. The van der Waals surface area contributed by atoms with Gasteiger partial charge in [-0.25, -0.2) is 12.8 Å². The van der Waals surface area contributed by atoms with Crippen LogP contribution in [0.5, 0.6) is 0 Å². The molecule has 0 atom stereocenters. The van der Waals surface area contributed by atoms with Crippen LogP contribution in [-0.2, 0) is 14.6 Å². The van der Waals surface area contributed by atoms with Crippen molar-refractivity contribution < 1.29 is 17.6 Å². The van der Waals surface area contributed by atoms with Gasteiger partial charge in [-0.2, -0.15) is 0 Å². The van der Waals surface area contributed by atoms with Gasteiger partial charge in [0.05, 0.1) is 5.75 Å². The average molecular weight is 356 g/mol. The Morgan fingerprint density at radius 2 is 1.83 bits per heavy atom. The molecule has 2 rings (SSSR count). The molecule has 24 heavy (non-hydrogen) atoms. The van der Waals surface area contributed by atoms with Crippen molar-refractivity contribution in [1.82, 2.24) is 4.90 Å². The van der Waals surface area contributed by atoms with Crippen LogP contribution >= 0.6 is 0 Å². The van der Waals surface area contributed by atoms with Crippen molar-refractivity contribution in [3.63, 3.8) is 0 Å². The third-order valence-electron chi connectivity index (χ3n) is 3.99. The molecule has 134 valence electrons. The predicted octanol–water partition coefficient (Wildman–Crippen LogP) is 2.30. The molecule has 0 aliphatic carbocycles. The van der Waals surface area contributed by atoms with Gasteiger partial charge in [0.15, 0.2) is 9.84 Å². The van der Waals surface area contributed by atoms with Gasteiger partial charge in [-0.05, 0) is 43.0 Å². The minimum Gasteiger partial charge on any atom is -0.382 e. The van der Waals surface area contributed by atoms with Gasteiger partial charge in [-0.1, -0.05) is 13.8 Å². The Balaban J connectivity index is 1.81. The van der Waals surface area contributed by atoms with Crippen molar-refractivity contribution in [2.24, 2.45) is 5.92 Å². The second-order valence-electron chi connectivity index (χ2n) is 6.75. The van der Waals surface area contributed by atoms with Crippen LogP contribution in [-0.4, -0.2) is 49.9 Å². The lowest BCUT2D eigenvalue weighted by Gasteiger charge is -2.33. The molecule has 1 fully saturated rings. The lowest BCUT2D eigenvalue weighted by molar-refractivity contribution is -0.129. The Hall–Kier alpha value is -1.63. The van der Waals surface area contributed by atoms with Gasteiger partial charge in [0, 0.05) is 24.8 Å². The SMILES string of the molecule is CC(C)CS(=O)(=O)CC(=O)N1CCC(Nc2ccc(F)cc2)CC1. The molecule has 1 N–H and O–H groups in total. The molecule has 1 aromatic carbocycles. The summed E-state index contributed by atoms with van der Waals surface area (Å²) in [5.74, 6) is -0.921. The van der Waals surface area contributed by atoms with Gasteiger partial charge in [0.25, 0.3) is 0 Å². The van der Waals surface area contributed by atoms with Crippen LogP contribution in [0.2, 0.25) is 0 Å². The first-order valence-electron chi connectivity index (χ1n) is 8.25. The number of hydrogen-bond donors (Lipinski definition) is 1. The molecule has 0 unspecified atom stereocenters. The summed E-state index contributed by atoms with van der Waals surface area (Å²) in [7, 11) is -3.34. The number of benzene rings is 1. The smallest absolute Gasteiger partial charge is 0.237 e. The quantitative estimate of drug-likeness (QED) is 0.849. The Kier molecular flexibility index (Phi) is 6.21. The van der Waals surface area contributed by atoms with Crippen molar-refractivity contribution in [3.8, 4) is 0 Å². The summed E-state index contributed by atoms with van der Waals surface area (Å²) in [6, 6.07) is 6.38. The van der Waals surface area contributed by atoms with E-state index in [1.165, 1.54) is 12.1 Å². The van der Waals surface area contributed by atoms with Gasteiger partial charge in [0.1, 0.15) is 11.6 Å². The first-order chi connectivity index (χ1) is 11.2. The minimum absolute atomic E-state index is 0.0217. The van der Waals surface area contributed by atoms with Crippen molar-refractivity contribution in [2.45, 2.75) is 32.7 Å². The molecule has 0 saturated carbocycles. The highest BCUT2D eigenvalue weighted by atomic mass is 32.2. The number of amides is 1. The molecule has 0 aromatic heterocycles. The number of carbonyl (C=O) groups excluding carboxylic acids is 1. The van der Waals surface area contributed by atoms with Crippen LogP contribution in [0.1, 0.15) is 26.7 Å². The van der Waals surface area contributed by atoms with E-state index < -0.39 is 15.6 Å². The van der Waals surface area contributed by atoms with Gasteiger partial charge < -0.3 is 10.2 Å². The molecule has 1 aliphatic rings. The minimum atomic E-state index is -3.34. The summed E-state index contributed by atoms with van der Waals surface area (Å²) < 4.78 is 36.8. The lowest BCUT2D eigenvalue weighted by Crippen LogP contribution is -2.44. The lowest BCUT2D eigenvalue weighted by atomic mass is 10.0. The summed E-state index contributed by atoms with van der Waals surface area (Å²) in [5, 5.41) is 3.32. The van der Waals surface area contributed by atoms with Crippen LogP contribution in [0.25, 0.3) is 0 Å². The Labute approximate surface area is 143 Å².